The molecule has 0 aliphatic carbocycles. The van der Waals surface area contributed by atoms with Crippen LogP contribution in [0.4, 0.5) is 4.39 Å². The Balaban J connectivity index is 1.49. The molecule has 0 radical (unpaired) electrons. The van der Waals surface area contributed by atoms with E-state index in [1.54, 1.807) is 24.5 Å². The van der Waals surface area contributed by atoms with Gasteiger partial charge in [0, 0.05) is 12.4 Å². The number of pyridine rings is 1. The van der Waals surface area contributed by atoms with Gasteiger partial charge in [0.1, 0.15) is 6.61 Å². The molecule has 5 nitrogen and oxygen atoms in total. The zero-order valence-electron chi connectivity index (χ0n) is 13.6. The number of H-pyrrole nitrogens is 1. The molecule has 1 aliphatic rings. The molecule has 3 heterocycles. The van der Waals surface area contributed by atoms with Crippen LogP contribution in [-0.2, 0) is 0 Å². The summed E-state index contributed by atoms with van der Waals surface area (Å²) in [5.41, 5.74) is 3.90. The molecule has 5 rings (SSSR count). The molecule has 1 aliphatic heterocycles. The minimum Gasteiger partial charge on any atom is -0.482 e. The zero-order valence-corrected chi connectivity index (χ0v) is 13.6. The molecule has 1 atom stereocenters. The maximum Gasteiger partial charge on any atom is 0.197 e. The van der Waals surface area contributed by atoms with Crippen molar-refractivity contribution in [3.63, 3.8) is 0 Å². The molecule has 0 spiro atoms. The number of hydrogen-bond donors (Lipinski definition) is 1. The summed E-state index contributed by atoms with van der Waals surface area (Å²) in [4.78, 5) is 11.9. The molecule has 0 bridgehead atoms. The number of aromatic amines is 1. The summed E-state index contributed by atoms with van der Waals surface area (Å²) in [7, 11) is 0. The second-order valence-electron chi connectivity index (χ2n) is 6.07. The number of halogens is 1. The fourth-order valence-corrected chi connectivity index (χ4v) is 3.11. The van der Waals surface area contributed by atoms with E-state index < -0.39 is 11.9 Å². The third-order valence-electron chi connectivity index (χ3n) is 4.40. The Labute approximate surface area is 148 Å². The van der Waals surface area contributed by atoms with Crippen molar-refractivity contribution in [3.8, 4) is 22.6 Å². The Kier molecular flexibility index (Phi) is 3.35. The number of nitrogens with zero attached hydrogens (tertiary/aromatic N) is 2. The first-order chi connectivity index (χ1) is 12.8. The number of para-hydroxylation sites is 1. The quantitative estimate of drug-likeness (QED) is 0.588. The highest BCUT2D eigenvalue weighted by Crippen LogP contribution is 2.37. The Morgan fingerprint density at radius 3 is 2.81 bits per heavy atom. The third kappa shape index (κ3) is 2.47. The van der Waals surface area contributed by atoms with Crippen molar-refractivity contribution < 1.29 is 13.9 Å². The number of ether oxygens (including phenoxy) is 2. The van der Waals surface area contributed by atoms with Crippen LogP contribution in [-0.4, -0.2) is 21.6 Å². The van der Waals surface area contributed by atoms with Gasteiger partial charge in [-0.1, -0.05) is 12.1 Å². The van der Waals surface area contributed by atoms with E-state index in [-0.39, 0.29) is 12.4 Å². The van der Waals surface area contributed by atoms with E-state index in [0.29, 0.717) is 11.6 Å². The van der Waals surface area contributed by atoms with Gasteiger partial charge < -0.3 is 14.5 Å². The van der Waals surface area contributed by atoms with Crippen LogP contribution in [0, 0.1) is 5.82 Å². The number of aromatic nitrogens is 3. The minimum atomic E-state index is -0.424. The van der Waals surface area contributed by atoms with Gasteiger partial charge in [-0.3, -0.25) is 4.98 Å². The highest BCUT2D eigenvalue weighted by molar-refractivity contribution is 5.82. The highest BCUT2D eigenvalue weighted by atomic mass is 19.1. The van der Waals surface area contributed by atoms with E-state index in [9.17, 15) is 4.39 Å². The third-order valence-corrected chi connectivity index (χ3v) is 4.40. The van der Waals surface area contributed by atoms with Crippen molar-refractivity contribution in [2.45, 2.75) is 6.10 Å². The molecule has 1 unspecified atom stereocenters. The predicted octanol–water partition coefficient (Wildman–Crippen LogP) is 4.28. The molecular formula is C20H14FN3O2. The van der Waals surface area contributed by atoms with Gasteiger partial charge in [0.2, 0.25) is 0 Å². The summed E-state index contributed by atoms with van der Waals surface area (Å²) in [6.07, 6.45) is 3.12. The lowest BCUT2D eigenvalue weighted by Crippen LogP contribution is -2.23. The van der Waals surface area contributed by atoms with Crippen LogP contribution in [0.15, 0.2) is 60.9 Å². The van der Waals surface area contributed by atoms with Crippen LogP contribution in [0.25, 0.3) is 22.2 Å². The monoisotopic (exact) mass is 347 g/mol. The Morgan fingerprint density at radius 1 is 1.04 bits per heavy atom. The number of fused-ring (bicyclic) bond motifs is 2. The lowest BCUT2D eigenvalue weighted by Gasteiger charge is -2.25. The van der Waals surface area contributed by atoms with Gasteiger partial charge in [-0.25, -0.2) is 9.37 Å². The normalized spacial score (nSPS) is 16.0. The van der Waals surface area contributed by atoms with E-state index in [1.807, 2.05) is 30.3 Å². The summed E-state index contributed by atoms with van der Waals surface area (Å²) >= 11 is 0. The van der Waals surface area contributed by atoms with Crippen LogP contribution < -0.4 is 9.47 Å². The molecule has 6 heteroatoms. The van der Waals surface area contributed by atoms with Gasteiger partial charge in [-0.15, -0.1) is 0 Å². The summed E-state index contributed by atoms with van der Waals surface area (Å²) in [6, 6.07) is 14.6. The Bertz CT molecular complexity index is 1090. The second kappa shape index (κ2) is 5.84. The zero-order chi connectivity index (χ0) is 17.5. The molecule has 0 fully saturated rings. The van der Waals surface area contributed by atoms with E-state index >= 15 is 0 Å². The van der Waals surface area contributed by atoms with Crippen molar-refractivity contribution in [3.05, 3.63) is 72.6 Å². The number of imidazole rings is 1. The highest BCUT2D eigenvalue weighted by Gasteiger charge is 2.27. The van der Waals surface area contributed by atoms with E-state index in [4.69, 9.17) is 9.47 Å². The van der Waals surface area contributed by atoms with Crippen molar-refractivity contribution in [1.82, 2.24) is 15.0 Å². The maximum absolute atomic E-state index is 13.7. The van der Waals surface area contributed by atoms with Gasteiger partial charge in [0.15, 0.2) is 29.2 Å². The van der Waals surface area contributed by atoms with Crippen molar-refractivity contribution in [2.75, 3.05) is 6.61 Å². The summed E-state index contributed by atoms with van der Waals surface area (Å²) in [5.74, 6) is 0.772. The largest absolute Gasteiger partial charge is 0.482 e. The van der Waals surface area contributed by atoms with Crippen LogP contribution >= 0.6 is 0 Å². The summed E-state index contributed by atoms with van der Waals surface area (Å²) in [5, 5.41) is 0. The molecule has 0 saturated heterocycles. The summed E-state index contributed by atoms with van der Waals surface area (Å²) < 4.78 is 25.2. The molecule has 2 aromatic heterocycles. The van der Waals surface area contributed by atoms with Gasteiger partial charge in [-0.05, 0) is 47.5 Å². The van der Waals surface area contributed by atoms with Crippen LogP contribution in [0.3, 0.4) is 0 Å². The number of hydrogen-bond acceptors (Lipinski definition) is 4. The summed E-state index contributed by atoms with van der Waals surface area (Å²) in [6.45, 7) is 0.199. The average molecular weight is 347 g/mol. The Hall–Kier alpha value is -3.41. The Morgan fingerprint density at radius 2 is 1.92 bits per heavy atom. The molecule has 1 N–H and O–H groups in total. The molecular weight excluding hydrogens is 333 g/mol. The molecule has 26 heavy (non-hydrogen) atoms. The number of nitrogens with one attached hydrogen (secondary N) is 1. The standard InChI is InChI=1S/C20H14FN3O2/c21-14-2-1-3-17-19(14)25-11-18(26-17)20-23-15-5-4-13(10-16(15)24-20)12-6-8-22-9-7-12/h1-10,18H,11H2,(H,23,24). The lowest BCUT2D eigenvalue weighted by atomic mass is 10.1. The topological polar surface area (TPSA) is 60.0 Å². The lowest BCUT2D eigenvalue weighted by molar-refractivity contribution is 0.0816. The second-order valence-corrected chi connectivity index (χ2v) is 6.07. The fourth-order valence-electron chi connectivity index (χ4n) is 3.11. The molecule has 0 saturated carbocycles. The minimum absolute atomic E-state index is 0.153. The molecule has 2 aromatic carbocycles. The predicted molar refractivity (Wildman–Crippen MR) is 94.6 cm³/mol. The van der Waals surface area contributed by atoms with E-state index in [0.717, 1.165) is 22.2 Å². The van der Waals surface area contributed by atoms with Crippen molar-refractivity contribution in [1.29, 1.82) is 0 Å². The smallest absolute Gasteiger partial charge is 0.197 e. The molecule has 128 valence electrons. The van der Waals surface area contributed by atoms with E-state index in [1.165, 1.54) is 6.07 Å². The van der Waals surface area contributed by atoms with Crippen LogP contribution in [0.2, 0.25) is 0 Å². The average Bonchev–Trinajstić information content (AvgIpc) is 3.12. The van der Waals surface area contributed by atoms with Gasteiger partial charge in [0.25, 0.3) is 0 Å². The first-order valence-corrected chi connectivity index (χ1v) is 8.26. The van der Waals surface area contributed by atoms with E-state index in [2.05, 4.69) is 15.0 Å². The number of rotatable bonds is 2. The van der Waals surface area contributed by atoms with Crippen molar-refractivity contribution in [2.24, 2.45) is 0 Å². The molecule has 0 amide bonds. The maximum atomic E-state index is 13.7. The van der Waals surface area contributed by atoms with Gasteiger partial charge in [-0.2, -0.15) is 0 Å². The SMILES string of the molecule is Fc1cccc2c1OCC(c1nc3ccc(-c4ccncc4)cc3[nH]1)O2. The first-order valence-electron chi connectivity index (χ1n) is 8.26. The van der Waals surface area contributed by atoms with Crippen LogP contribution in [0.5, 0.6) is 11.5 Å². The number of benzene rings is 2. The first kappa shape index (κ1) is 14.9. The van der Waals surface area contributed by atoms with Gasteiger partial charge in [0.05, 0.1) is 11.0 Å². The fraction of sp³-hybridized carbons (Fsp3) is 0.100. The van der Waals surface area contributed by atoms with Gasteiger partial charge >= 0.3 is 0 Å². The van der Waals surface area contributed by atoms with Crippen molar-refractivity contribution >= 4 is 11.0 Å². The molecule has 4 aromatic rings. The van der Waals surface area contributed by atoms with Crippen LogP contribution in [0.1, 0.15) is 11.9 Å².